The number of unbranched alkanes of at least 4 members (excludes halogenated alkanes) is 2. The Morgan fingerprint density at radius 3 is 2.14 bits per heavy atom. The summed E-state index contributed by atoms with van der Waals surface area (Å²) in [7, 11) is 0. The summed E-state index contributed by atoms with van der Waals surface area (Å²) >= 11 is 12.5. The van der Waals surface area contributed by atoms with E-state index in [1.165, 1.54) is 18.4 Å². The smallest absolute Gasteiger partial charge is 0.137 e. The van der Waals surface area contributed by atoms with Crippen LogP contribution < -0.4 is 0 Å². The summed E-state index contributed by atoms with van der Waals surface area (Å²) in [5, 5.41) is 1.02. The van der Waals surface area contributed by atoms with Crippen molar-refractivity contribution in [2.45, 2.75) is 45.4 Å². The molecule has 0 fully saturated rings. The number of hydrogen-bond donors (Lipinski definition) is 0. The third-order valence-corrected chi connectivity index (χ3v) is 4.09. The van der Waals surface area contributed by atoms with Gasteiger partial charge < -0.3 is 0 Å². The van der Waals surface area contributed by atoms with Gasteiger partial charge in [0.2, 0.25) is 0 Å². The van der Waals surface area contributed by atoms with Gasteiger partial charge in [-0.1, -0.05) is 73.3 Å². The van der Waals surface area contributed by atoms with Crippen molar-refractivity contribution < 1.29 is 0 Å². The predicted molar refractivity (Wildman–Crippen MR) is 89.1 cm³/mol. The average molecular weight is 323 g/mol. The minimum atomic E-state index is 0.508. The Labute approximate surface area is 136 Å². The summed E-state index contributed by atoms with van der Waals surface area (Å²) in [6, 6.07) is 10.3. The van der Waals surface area contributed by atoms with Crippen LogP contribution in [0.1, 0.15) is 43.1 Å². The molecule has 0 aliphatic carbocycles. The first-order valence-electron chi connectivity index (χ1n) is 7.45. The maximum absolute atomic E-state index is 6.26. The summed E-state index contributed by atoms with van der Waals surface area (Å²) < 4.78 is 0. The van der Waals surface area contributed by atoms with Gasteiger partial charge in [-0.2, -0.15) is 0 Å². The van der Waals surface area contributed by atoms with E-state index < -0.39 is 0 Å². The highest BCUT2D eigenvalue weighted by molar-refractivity contribution is 6.34. The first-order chi connectivity index (χ1) is 10.2. The van der Waals surface area contributed by atoms with Gasteiger partial charge in [0.15, 0.2) is 0 Å². The highest BCUT2D eigenvalue weighted by Crippen LogP contribution is 2.24. The van der Waals surface area contributed by atoms with E-state index in [0.717, 1.165) is 31.2 Å². The minimum Gasteiger partial charge on any atom is -0.221 e. The Bertz CT molecular complexity index is 547. The molecule has 0 spiro atoms. The molecule has 0 atom stereocenters. The summed E-state index contributed by atoms with van der Waals surface area (Å²) in [4.78, 5) is 8.80. The molecule has 112 valence electrons. The zero-order valence-electron chi connectivity index (χ0n) is 12.3. The lowest BCUT2D eigenvalue weighted by Crippen LogP contribution is -2.03. The van der Waals surface area contributed by atoms with E-state index in [9.17, 15) is 0 Å². The van der Waals surface area contributed by atoms with Crippen LogP contribution >= 0.6 is 23.2 Å². The van der Waals surface area contributed by atoms with E-state index in [2.05, 4.69) is 29.0 Å². The molecule has 0 N–H and O–H groups in total. The molecule has 2 nitrogen and oxygen atoms in total. The van der Waals surface area contributed by atoms with E-state index in [1.54, 1.807) is 0 Å². The maximum atomic E-state index is 6.26. The lowest BCUT2D eigenvalue weighted by atomic mass is 10.1. The van der Waals surface area contributed by atoms with Crippen LogP contribution in [0, 0.1) is 0 Å². The van der Waals surface area contributed by atoms with Gasteiger partial charge in [-0.15, -0.1) is 0 Å². The monoisotopic (exact) mass is 322 g/mol. The van der Waals surface area contributed by atoms with E-state index in [0.29, 0.717) is 16.1 Å². The van der Waals surface area contributed by atoms with Crippen molar-refractivity contribution in [1.82, 2.24) is 9.97 Å². The van der Waals surface area contributed by atoms with E-state index in [1.807, 2.05) is 18.2 Å². The van der Waals surface area contributed by atoms with Gasteiger partial charge in [-0.05, 0) is 24.8 Å². The van der Waals surface area contributed by atoms with Gasteiger partial charge in [-0.25, -0.2) is 9.97 Å². The number of aromatic nitrogens is 2. The Kier molecular flexibility index (Phi) is 6.47. The van der Waals surface area contributed by atoms with Crippen LogP contribution in [0.15, 0.2) is 30.3 Å². The standard InChI is InChI=1S/C17H20Cl2N2/c1-2-3-5-10-14-16(18)20-15(21-17(14)19)12-11-13-8-6-4-7-9-13/h4,6-9H,2-3,5,10-12H2,1H3. The summed E-state index contributed by atoms with van der Waals surface area (Å²) in [5.41, 5.74) is 2.15. The van der Waals surface area contributed by atoms with E-state index in [-0.39, 0.29) is 0 Å². The Morgan fingerprint density at radius 1 is 0.857 bits per heavy atom. The highest BCUT2D eigenvalue weighted by atomic mass is 35.5. The number of halogens is 2. The molecule has 2 aromatic rings. The molecule has 0 aliphatic rings. The van der Waals surface area contributed by atoms with Crippen molar-refractivity contribution in [3.8, 4) is 0 Å². The largest absolute Gasteiger partial charge is 0.221 e. The highest BCUT2D eigenvalue weighted by Gasteiger charge is 2.11. The van der Waals surface area contributed by atoms with Crippen LogP contribution in [0.2, 0.25) is 10.3 Å². The van der Waals surface area contributed by atoms with Crippen molar-refractivity contribution in [3.63, 3.8) is 0 Å². The van der Waals surface area contributed by atoms with Gasteiger partial charge in [0.1, 0.15) is 16.1 Å². The molecule has 1 heterocycles. The second kappa shape index (κ2) is 8.35. The van der Waals surface area contributed by atoms with E-state index in [4.69, 9.17) is 23.2 Å². The van der Waals surface area contributed by atoms with Crippen molar-refractivity contribution in [2.75, 3.05) is 0 Å². The van der Waals surface area contributed by atoms with Gasteiger partial charge in [-0.3, -0.25) is 0 Å². The number of hydrogen-bond acceptors (Lipinski definition) is 2. The molecule has 0 unspecified atom stereocenters. The quantitative estimate of drug-likeness (QED) is 0.510. The first kappa shape index (κ1) is 16.3. The number of rotatable bonds is 7. The predicted octanol–water partition coefficient (Wildman–Crippen LogP) is 5.30. The van der Waals surface area contributed by atoms with Crippen LogP contribution in [-0.4, -0.2) is 9.97 Å². The van der Waals surface area contributed by atoms with Crippen LogP contribution in [0.5, 0.6) is 0 Å². The average Bonchev–Trinajstić information content (AvgIpc) is 2.49. The fourth-order valence-electron chi connectivity index (χ4n) is 2.24. The molecule has 0 radical (unpaired) electrons. The lowest BCUT2D eigenvalue weighted by molar-refractivity contribution is 0.711. The van der Waals surface area contributed by atoms with Crippen molar-refractivity contribution in [1.29, 1.82) is 0 Å². The Balaban J connectivity index is 2.01. The molecule has 2 rings (SSSR count). The molecule has 0 amide bonds. The van der Waals surface area contributed by atoms with Crippen LogP contribution in [-0.2, 0) is 19.3 Å². The second-order valence-electron chi connectivity index (χ2n) is 5.14. The zero-order valence-corrected chi connectivity index (χ0v) is 13.8. The molecule has 1 aromatic heterocycles. The van der Waals surface area contributed by atoms with Gasteiger partial charge in [0, 0.05) is 12.0 Å². The Morgan fingerprint density at radius 2 is 1.52 bits per heavy atom. The van der Waals surface area contributed by atoms with Gasteiger partial charge >= 0.3 is 0 Å². The molecule has 1 aromatic carbocycles. The molecular formula is C17H20Cl2N2. The SMILES string of the molecule is CCCCCc1c(Cl)nc(CCc2ccccc2)nc1Cl. The third-order valence-electron chi connectivity index (χ3n) is 3.46. The van der Waals surface area contributed by atoms with Gasteiger partial charge in [0.05, 0.1) is 0 Å². The second-order valence-corrected chi connectivity index (χ2v) is 5.86. The summed E-state index contributed by atoms with van der Waals surface area (Å²) in [6.45, 7) is 2.17. The van der Waals surface area contributed by atoms with Crippen molar-refractivity contribution in [3.05, 3.63) is 57.6 Å². The summed E-state index contributed by atoms with van der Waals surface area (Å²) in [6.07, 6.45) is 5.90. The molecular weight excluding hydrogens is 303 g/mol. The number of aryl methyl sites for hydroxylation is 2. The van der Waals surface area contributed by atoms with Crippen molar-refractivity contribution in [2.24, 2.45) is 0 Å². The number of benzene rings is 1. The topological polar surface area (TPSA) is 25.8 Å². The zero-order chi connectivity index (χ0) is 15.1. The molecule has 0 saturated carbocycles. The summed E-state index contributed by atoms with van der Waals surface area (Å²) in [5.74, 6) is 0.716. The molecule has 21 heavy (non-hydrogen) atoms. The van der Waals surface area contributed by atoms with Crippen LogP contribution in [0.4, 0.5) is 0 Å². The molecule has 4 heteroatoms. The molecule has 0 bridgehead atoms. The van der Waals surface area contributed by atoms with E-state index >= 15 is 0 Å². The Hall–Kier alpha value is -1.12. The van der Waals surface area contributed by atoms with Gasteiger partial charge in [0.25, 0.3) is 0 Å². The van der Waals surface area contributed by atoms with Crippen molar-refractivity contribution >= 4 is 23.2 Å². The minimum absolute atomic E-state index is 0.508. The fraction of sp³-hybridized carbons (Fsp3) is 0.412. The van der Waals surface area contributed by atoms with Crippen LogP contribution in [0.25, 0.3) is 0 Å². The third kappa shape index (κ3) is 4.98. The molecule has 0 saturated heterocycles. The fourth-order valence-corrected chi connectivity index (χ4v) is 2.85. The maximum Gasteiger partial charge on any atom is 0.137 e. The normalized spacial score (nSPS) is 10.8. The lowest BCUT2D eigenvalue weighted by Gasteiger charge is -2.08. The van der Waals surface area contributed by atoms with Crippen LogP contribution in [0.3, 0.4) is 0 Å². The number of nitrogens with zero attached hydrogens (tertiary/aromatic N) is 2. The first-order valence-corrected chi connectivity index (χ1v) is 8.21. The molecule has 0 aliphatic heterocycles.